The van der Waals surface area contributed by atoms with E-state index in [1.807, 2.05) is 60.7 Å². The number of nitrogens with one attached hydrogen (secondary N) is 4. The first kappa shape index (κ1) is 31.7. The smallest absolute Gasteiger partial charge is 0.367 e. The van der Waals surface area contributed by atoms with E-state index < -0.39 is 24.9 Å². The Hall–Kier alpha value is -3.29. The zero-order chi connectivity index (χ0) is 31.6. The number of rotatable bonds is 7. The lowest BCUT2D eigenvalue weighted by molar-refractivity contribution is -0.142. The molecule has 0 spiro atoms. The SMILES string of the molecule is O=C(CCC(F)(F)F)Nc1ccc([C@H]2O[C@@H]3CN[C@H]2C3)cc1.O=C(Nc1ccc(Br)cc1)c1ccc([C@@H]2O[C@H]3CN[C@@H]2C3)cc1. The van der Waals surface area contributed by atoms with Crippen molar-refractivity contribution >= 4 is 39.1 Å². The van der Waals surface area contributed by atoms with Crippen molar-refractivity contribution in [1.29, 1.82) is 0 Å². The predicted molar refractivity (Wildman–Crippen MR) is 167 cm³/mol. The van der Waals surface area contributed by atoms with Crippen molar-refractivity contribution < 1.29 is 32.2 Å². The number of amides is 2. The first-order valence-electron chi connectivity index (χ1n) is 15.0. The van der Waals surface area contributed by atoms with Gasteiger partial charge in [-0.2, -0.15) is 13.2 Å². The summed E-state index contributed by atoms with van der Waals surface area (Å²) in [6, 6.07) is 23.0. The molecule has 3 aromatic rings. The number of hydrogen-bond donors (Lipinski definition) is 4. The summed E-state index contributed by atoms with van der Waals surface area (Å²) in [6.07, 6.45) is -3.19. The second kappa shape index (κ2) is 13.6. The van der Waals surface area contributed by atoms with Crippen LogP contribution < -0.4 is 21.3 Å². The summed E-state index contributed by atoms with van der Waals surface area (Å²) in [5.74, 6) is -0.742. The number of morpholine rings is 2. The summed E-state index contributed by atoms with van der Waals surface area (Å²) >= 11 is 3.38. The molecule has 12 heteroatoms. The van der Waals surface area contributed by atoms with Gasteiger partial charge in [0.2, 0.25) is 5.91 Å². The standard InChI is InChI=1S/C18H17BrN2O2.C15H17F3N2O2/c19-13-5-7-14(8-6-13)21-18(22)12-3-1-11(2-4-12)17-16-9-15(23-17)10-20-16;16-15(17,18)6-5-13(21)20-10-3-1-9(2-4-10)14-12-7-11(22-14)8-19-12/h1-8,15-17,20H,9-10H2,(H,21,22);1-4,11-12,14,19H,5-8H2,(H,20,21)/t15-,16-,17+;11-,12-,14+/m10/s1. The average Bonchev–Trinajstić information content (AvgIpc) is 3.85. The van der Waals surface area contributed by atoms with Crippen molar-refractivity contribution in [3.05, 3.63) is 94.0 Å². The van der Waals surface area contributed by atoms with Crippen LogP contribution in [-0.2, 0) is 14.3 Å². The van der Waals surface area contributed by atoms with Crippen molar-refractivity contribution in [3.63, 3.8) is 0 Å². The van der Waals surface area contributed by atoms with Crippen molar-refractivity contribution in [2.75, 3.05) is 23.7 Å². The van der Waals surface area contributed by atoms with E-state index in [0.717, 1.165) is 47.2 Å². The first-order chi connectivity index (χ1) is 21.6. The Labute approximate surface area is 267 Å². The number of hydrogen-bond acceptors (Lipinski definition) is 6. The molecule has 4 aliphatic rings. The summed E-state index contributed by atoms with van der Waals surface area (Å²) in [5, 5.41) is 12.2. The number of ether oxygens (including phenoxy) is 2. The van der Waals surface area contributed by atoms with Crippen molar-refractivity contribution in [1.82, 2.24) is 10.6 Å². The number of benzene rings is 3. The Morgan fingerprint density at radius 2 is 1.24 bits per heavy atom. The van der Waals surface area contributed by atoms with E-state index in [9.17, 15) is 22.8 Å². The maximum atomic E-state index is 12.3. The number of carbonyl (C=O) groups is 2. The average molecular weight is 688 g/mol. The van der Waals surface area contributed by atoms with Gasteiger partial charge in [0.1, 0.15) is 0 Å². The highest BCUT2D eigenvalue weighted by molar-refractivity contribution is 9.10. The molecule has 0 aliphatic carbocycles. The summed E-state index contributed by atoms with van der Waals surface area (Å²) < 4.78 is 49.0. The van der Waals surface area contributed by atoms with E-state index in [1.54, 1.807) is 12.1 Å². The molecule has 7 rings (SSSR count). The normalized spacial score (nSPS) is 26.3. The molecule has 8 nitrogen and oxygen atoms in total. The molecular formula is C33H34BrF3N4O4. The van der Waals surface area contributed by atoms with Crippen LogP contribution >= 0.6 is 15.9 Å². The minimum atomic E-state index is -4.31. The van der Waals surface area contributed by atoms with Crippen LogP contribution in [0.15, 0.2) is 77.3 Å². The van der Waals surface area contributed by atoms with Crippen LogP contribution in [0.2, 0.25) is 0 Å². The third kappa shape index (κ3) is 8.11. The zero-order valence-electron chi connectivity index (χ0n) is 24.3. The van der Waals surface area contributed by atoms with Crippen LogP contribution in [0.25, 0.3) is 0 Å². The van der Waals surface area contributed by atoms with Crippen LogP contribution in [-0.4, -0.2) is 55.4 Å². The fourth-order valence-electron chi connectivity index (χ4n) is 6.16. The second-order valence-electron chi connectivity index (χ2n) is 11.7. The van der Waals surface area contributed by atoms with E-state index in [1.165, 1.54) is 0 Å². The number of fused-ring (bicyclic) bond motifs is 4. The quantitative estimate of drug-likeness (QED) is 0.234. The molecule has 3 aromatic carbocycles. The van der Waals surface area contributed by atoms with E-state index in [0.29, 0.717) is 29.4 Å². The largest absolute Gasteiger partial charge is 0.389 e. The molecule has 0 unspecified atom stereocenters. The molecule has 2 amide bonds. The maximum absolute atomic E-state index is 12.3. The van der Waals surface area contributed by atoms with Gasteiger partial charge >= 0.3 is 6.18 Å². The van der Waals surface area contributed by atoms with Gasteiger partial charge in [0, 0.05) is 53.0 Å². The second-order valence-corrected chi connectivity index (χ2v) is 12.6. The molecule has 238 valence electrons. The van der Waals surface area contributed by atoms with Crippen LogP contribution in [0.5, 0.6) is 0 Å². The Morgan fingerprint density at radius 3 is 1.71 bits per heavy atom. The van der Waals surface area contributed by atoms with Gasteiger partial charge in [0.25, 0.3) is 5.91 Å². The summed E-state index contributed by atoms with van der Waals surface area (Å²) in [7, 11) is 0. The molecule has 4 fully saturated rings. The first-order valence-corrected chi connectivity index (χ1v) is 15.8. The van der Waals surface area contributed by atoms with E-state index in [-0.39, 0.29) is 24.2 Å². The lowest BCUT2D eigenvalue weighted by Gasteiger charge is -2.23. The molecule has 45 heavy (non-hydrogen) atoms. The lowest BCUT2D eigenvalue weighted by atomic mass is 10.0. The Balaban J connectivity index is 0.000000159. The van der Waals surface area contributed by atoms with Crippen LogP contribution in [0.3, 0.4) is 0 Å². The minimum absolute atomic E-state index is 0.00808. The topological polar surface area (TPSA) is 101 Å². The van der Waals surface area contributed by atoms with Gasteiger partial charge in [-0.1, -0.05) is 40.2 Å². The Morgan fingerprint density at radius 1 is 0.756 bits per heavy atom. The van der Waals surface area contributed by atoms with Gasteiger partial charge in [-0.3, -0.25) is 9.59 Å². The zero-order valence-corrected chi connectivity index (χ0v) is 25.9. The molecular weight excluding hydrogens is 653 g/mol. The van der Waals surface area contributed by atoms with Crippen LogP contribution in [0, 0.1) is 0 Å². The van der Waals surface area contributed by atoms with Gasteiger partial charge in [-0.25, -0.2) is 0 Å². The van der Waals surface area contributed by atoms with Gasteiger partial charge in [-0.05, 0) is 72.5 Å². The third-order valence-corrected chi connectivity index (χ3v) is 8.95. The molecule has 0 saturated carbocycles. The summed E-state index contributed by atoms with van der Waals surface area (Å²) in [6.45, 7) is 1.84. The number of carbonyl (C=O) groups excluding carboxylic acids is 2. The van der Waals surface area contributed by atoms with E-state index in [4.69, 9.17) is 9.47 Å². The summed E-state index contributed by atoms with van der Waals surface area (Å²) in [5.41, 5.74) is 4.06. The lowest BCUT2D eigenvalue weighted by Crippen LogP contribution is -2.34. The minimum Gasteiger partial charge on any atom is -0.367 e. The molecule has 4 N–H and O–H groups in total. The highest BCUT2D eigenvalue weighted by Gasteiger charge is 2.42. The monoisotopic (exact) mass is 686 g/mol. The maximum Gasteiger partial charge on any atom is 0.389 e. The molecule has 4 aliphatic heterocycles. The molecule has 4 heterocycles. The predicted octanol–water partition coefficient (Wildman–Crippen LogP) is 6.27. The molecule has 4 saturated heterocycles. The highest BCUT2D eigenvalue weighted by atomic mass is 79.9. The fraction of sp³-hybridized carbons (Fsp3) is 0.394. The van der Waals surface area contributed by atoms with Crippen molar-refractivity contribution in [2.24, 2.45) is 0 Å². The van der Waals surface area contributed by atoms with Gasteiger partial charge in [0.05, 0.1) is 30.8 Å². The van der Waals surface area contributed by atoms with Crippen LogP contribution in [0.1, 0.15) is 59.4 Å². The number of anilines is 2. The molecule has 0 aromatic heterocycles. The third-order valence-electron chi connectivity index (χ3n) is 8.42. The van der Waals surface area contributed by atoms with Gasteiger partial charge in [-0.15, -0.1) is 0 Å². The molecule has 4 bridgehead atoms. The molecule has 6 atom stereocenters. The van der Waals surface area contributed by atoms with Crippen LogP contribution in [0.4, 0.5) is 24.5 Å². The van der Waals surface area contributed by atoms with E-state index >= 15 is 0 Å². The van der Waals surface area contributed by atoms with Crippen molar-refractivity contribution in [3.8, 4) is 0 Å². The number of alkyl halides is 3. The van der Waals surface area contributed by atoms with Gasteiger partial charge < -0.3 is 30.7 Å². The Bertz CT molecular complexity index is 1490. The van der Waals surface area contributed by atoms with Crippen molar-refractivity contribution in [2.45, 2.75) is 68.4 Å². The summed E-state index contributed by atoms with van der Waals surface area (Å²) in [4.78, 5) is 23.8. The molecule has 0 radical (unpaired) electrons. The number of halogens is 4. The fourth-order valence-corrected chi connectivity index (χ4v) is 6.42. The highest BCUT2D eigenvalue weighted by Crippen LogP contribution is 2.38. The Kier molecular flexibility index (Phi) is 9.57. The van der Waals surface area contributed by atoms with Gasteiger partial charge in [0.15, 0.2) is 0 Å². The van der Waals surface area contributed by atoms with E-state index in [2.05, 4.69) is 37.2 Å².